The van der Waals surface area contributed by atoms with Crippen LogP contribution < -0.4 is 0 Å². The van der Waals surface area contributed by atoms with Crippen LogP contribution in [-0.4, -0.2) is 9.97 Å². The molecule has 0 aliphatic heterocycles. The summed E-state index contributed by atoms with van der Waals surface area (Å²) in [6, 6.07) is 10.4. The topological polar surface area (TPSA) is 25.8 Å². The molecule has 0 unspecified atom stereocenters. The molecule has 0 saturated carbocycles. The van der Waals surface area contributed by atoms with E-state index in [2.05, 4.69) is 54.1 Å². The van der Waals surface area contributed by atoms with Gasteiger partial charge in [0.25, 0.3) is 0 Å². The van der Waals surface area contributed by atoms with Gasteiger partial charge in [-0.2, -0.15) is 0 Å². The second-order valence-electron chi connectivity index (χ2n) is 4.35. The number of aryl methyl sites for hydroxylation is 3. The number of hydrogen-bond acceptors (Lipinski definition) is 2. The lowest BCUT2D eigenvalue weighted by atomic mass is 10.1. The Morgan fingerprint density at radius 2 is 1.71 bits per heavy atom. The minimum atomic E-state index is 0.868. The Morgan fingerprint density at radius 1 is 0.941 bits per heavy atom. The van der Waals surface area contributed by atoms with Crippen molar-refractivity contribution in [2.45, 2.75) is 33.6 Å². The fourth-order valence-electron chi connectivity index (χ4n) is 1.92. The van der Waals surface area contributed by atoms with Crippen molar-refractivity contribution < 1.29 is 0 Å². The van der Waals surface area contributed by atoms with E-state index in [1.54, 1.807) is 0 Å². The molecule has 2 nitrogen and oxygen atoms in total. The van der Waals surface area contributed by atoms with E-state index in [9.17, 15) is 0 Å². The second-order valence-corrected chi connectivity index (χ2v) is 4.35. The van der Waals surface area contributed by atoms with E-state index >= 15 is 0 Å². The van der Waals surface area contributed by atoms with E-state index in [0.717, 1.165) is 35.6 Å². The summed E-state index contributed by atoms with van der Waals surface area (Å²) in [5, 5.41) is 0. The van der Waals surface area contributed by atoms with Gasteiger partial charge in [-0.05, 0) is 44.0 Å². The monoisotopic (exact) mass is 226 g/mol. The molecule has 0 fully saturated rings. The van der Waals surface area contributed by atoms with Crippen LogP contribution in [0.5, 0.6) is 0 Å². The van der Waals surface area contributed by atoms with Gasteiger partial charge in [0.2, 0.25) is 0 Å². The number of pyridine rings is 2. The van der Waals surface area contributed by atoms with Gasteiger partial charge in [0.05, 0.1) is 0 Å². The molecule has 2 heterocycles. The molecule has 0 aromatic carbocycles. The van der Waals surface area contributed by atoms with Crippen LogP contribution in [0, 0.1) is 13.8 Å². The predicted molar refractivity (Wildman–Crippen MR) is 70.1 cm³/mol. The van der Waals surface area contributed by atoms with Crippen LogP contribution in [0.3, 0.4) is 0 Å². The van der Waals surface area contributed by atoms with Crippen molar-refractivity contribution in [3.63, 3.8) is 0 Å². The van der Waals surface area contributed by atoms with Gasteiger partial charge in [-0.3, -0.25) is 9.97 Å². The van der Waals surface area contributed by atoms with Crippen LogP contribution in [0.15, 0.2) is 30.3 Å². The molecule has 0 aliphatic rings. The van der Waals surface area contributed by atoms with Crippen molar-refractivity contribution in [1.29, 1.82) is 0 Å². The quantitative estimate of drug-likeness (QED) is 0.803. The minimum absolute atomic E-state index is 0.868. The van der Waals surface area contributed by atoms with E-state index in [1.165, 1.54) is 5.56 Å². The highest BCUT2D eigenvalue weighted by atomic mass is 14.7. The zero-order chi connectivity index (χ0) is 12.3. The Bertz CT molecular complexity index is 518. The standard InChI is InChI=1S/C15H18N2/c1-4-14-6-5-7-15(17-14)10-13-9-8-11(2)16-12(13)3/h5-9H,4,10H2,1-3H3. The average Bonchev–Trinajstić information content (AvgIpc) is 2.33. The largest absolute Gasteiger partial charge is 0.258 e. The molecule has 2 heteroatoms. The molecule has 0 saturated heterocycles. The smallest absolute Gasteiger partial charge is 0.0451 e. The van der Waals surface area contributed by atoms with Crippen molar-refractivity contribution in [3.05, 3.63) is 58.7 Å². The molecule has 0 amide bonds. The zero-order valence-corrected chi connectivity index (χ0v) is 10.7. The predicted octanol–water partition coefficient (Wildman–Crippen LogP) is 3.25. The summed E-state index contributed by atoms with van der Waals surface area (Å²) < 4.78 is 0. The van der Waals surface area contributed by atoms with E-state index in [4.69, 9.17) is 0 Å². The third-order valence-corrected chi connectivity index (χ3v) is 2.93. The van der Waals surface area contributed by atoms with Gasteiger partial charge in [0.15, 0.2) is 0 Å². The molecule has 2 aromatic rings. The van der Waals surface area contributed by atoms with Gasteiger partial charge in [-0.15, -0.1) is 0 Å². The highest BCUT2D eigenvalue weighted by Crippen LogP contribution is 2.12. The van der Waals surface area contributed by atoms with Gasteiger partial charge in [-0.25, -0.2) is 0 Å². The molecular formula is C15H18N2. The maximum absolute atomic E-state index is 4.62. The van der Waals surface area contributed by atoms with Crippen molar-refractivity contribution >= 4 is 0 Å². The van der Waals surface area contributed by atoms with E-state index in [1.807, 2.05) is 6.92 Å². The van der Waals surface area contributed by atoms with E-state index in [0.29, 0.717) is 0 Å². The Hall–Kier alpha value is -1.70. The summed E-state index contributed by atoms with van der Waals surface area (Å²) in [7, 11) is 0. The average molecular weight is 226 g/mol. The second kappa shape index (κ2) is 5.09. The lowest BCUT2D eigenvalue weighted by Crippen LogP contribution is -1.99. The molecule has 0 atom stereocenters. The number of hydrogen-bond donors (Lipinski definition) is 0. The zero-order valence-electron chi connectivity index (χ0n) is 10.7. The van der Waals surface area contributed by atoms with Crippen molar-refractivity contribution in [1.82, 2.24) is 9.97 Å². The Balaban J connectivity index is 2.25. The molecule has 17 heavy (non-hydrogen) atoms. The third-order valence-electron chi connectivity index (χ3n) is 2.93. The lowest BCUT2D eigenvalue weighted by molar-refractivity contribution is 0.954. The first-order chi connectivity index (χ1) is 8.19. The van der Waals surface area contributed by atoms with Gasteiger partial charge in [0, 0.05) is 29.2 Å². The van der Waals surface area contributed by atoms with Gasteiger partial charge in [0.1, 0.15) is 0 Å². The van der Waals surface area contributed by atoms with Gasteiger partial charge >= 0.3 is 0 Å². The highest BCUT2D eigenvalue weighted by Gasteiger charge is 2.03. The molecule has 0 N–H and O–H groups in total. The van der Waals surface area contributed by atoms with E-state index < -0.39 is 0 Å². The molecule has 2 rings (SSSR count). The number of aromatic nitrogens is 2. The van der Waals surface area contributed by atoms with Crippen molar-refractivity contribution in [3.8, 4) is 0 Å². The van der Waals surface area contributed by atoms with Crippen LogP contribution in [0.4, 0.5) is 0 Å². The minimum Gasteiger partial charge on any atom is -0.258 e. The number of nitrogens with zero attached hydrogens (tertiary/aromatic N) is 2. The first-order valence-electron chi connectivity index (χ1n) is 6.07. The molecule has 0 radical (unpaired) electrons. The lowest BCUT2D eigenvalue weighted by Gasteiger charge is -2.06. The van der Waals surface area contributed by atoms with Crippen molar-refractivity contribution in [2.75, 3.05) is 0 Å². The maximum Gasteiger partial charge on any atom is 0.0451 e. The van der Waals surface area contributed by atoms with Crippen LogP contribution in [0.2, 0.25) is 0 Å². The fourth-order valence-corrected chi connectivity index (χ4v) is 1.92. The Labute approximate surface area is 103 Å². The molecule has 0 aliphatic carbocycles. The maximum atomic E-state index is 4.62. The highest BCUT2D eigenvalue weighted by molar-refractivity contribution is 5.27. The summed E-state index contributed by atoms with van der Waals surface area (Å²) in [6.45, 7) is 6.21. The van der Waals surface area contributed by atoms with Crippen molar-refractivity contribution in [2.24, 2.45) is 0 Å². The van der Waals surface area contributed by atoms with Gasteiger partial charge in [-0.1, -0.05) is 19.1 Å². The fraction of sp³-hybridized carbons (Fsp3) is 0.333. The normalized spacial score (nSPS) is 10.5. The van der Waals surface area contributed by atoms with Crippen LogP contribution in [-0.2, 0) is 12.8 Å². The first-order valence-corrected chi connectivity index (χ1v) is 6.07. The van der Waals surface area contributed by atoms with Crippen LogP contribution in [0.1, 0.15) is 35.3 Å². The Morgan fingerprint density at radius 3 is 2.41 bits per heavy atom. The third kappa shape index (κ3) is 2.90. The Kier molecular flexibility index (Phi) is 3.52. The molecule has 88 valence electrons. The summed E-state index contributed by atoms with van der Waals surface area (Å²) in [4.78, 5) is 9.11. The van der Waals surface area contributed by atoms with Crippen LogP contribution in [0.25, 0.3) is 0 Å². The summed E-state index contributed by atoms with van der Waals surface area (Å²) in [6.07, 6.45) is 1.85. The summed E-state index contributed by atoms with van der Waals surface area (Å²) >= 11 is 0. The molecule has 2 aromatic heterocycles. The van der Waals surface area contributed by atoms with Gasteiger partial charge < -0.3 is 0 Å². The molecular weight excluding hydrogens is 208 g/mol. The first kappa shape index (κ1) is 11.8. The SMILES string of the molecule is CCc1cccc(Cc2ccc(C)nc2C)n1. The summed E-state index contributed by atoms with van der Waals surface area (Å²) in [5.74, 6) is 0. The molecule has 0 spiro atoms. The molecule has 0 bridgehead atoms. The van der Waals surface area contributed by atoms with E-state index in [-0.39, 0.29) is 0 Å². The number of rotatable bonds is 3. The van der Waals surface area contributed by atoms with Crippen LogP contribution >= 0.6 is 0 Å². The summed E-state index contributed by atoms with van der Waals surface area (Å²) in [5.41, 5.74) is 5.71.